The first-order valence-corrected chi connectivity index (χ1v) is 3.75. The van der Waals surface area contributed by atoms with Gasteiger partial charge in [-0.3, -0.25) is 0 Å². The lowest BCUT2D eigenvalue weighted by molar-refractivity contribution is 1.02. The summed E-state index contributed by atoms with van der Waals surface area (Å²) in [6, 6.07) is 0. The summed E-state index contributed by atoms with van der Waals surface area (Å²) in [5.41, 5.74) is 0. The van der Waals surface area contributed by atoms with Crippen LogP contribution in [0.3, 0.4) is 0 Å². The third-order valence-corrected chi connectivity index (χ3v) is 0.701. The van der Waals surface area contributed by atoms with Gasteiger partial charge in [0.25, 0.3) is 0 Å². The van der Waals surface area contributed by atoms with Gasteiger partial charge in [-0.1, -0.05) is 12.2 Å². The van der Waals surface area contributed by atoms with Crippen molar-refractivity contribution in [2.24, 2.45) is 0 Å². The minimum atomic E-state index is 0.562. The average molecular weight is 170 g/mol. The maximum absolute atomic E-state index is 5.23. The van der Waals surface area contributed by atoms with E-state index >= 15 is 0 Å². The van der Waals surface area contributed by atoms with Crippen LogP contribution < -0.4 is 5.32 Å². The van der Waals surface area contributed by atoms with E-state index in [4.69, 9.17) is 23.2 Å². The molecule has 0 bridgehead atoms. The van der Waals surface area contributed by atoms with Crippen molar-refractivity contribution >= 4 is 23.2 Å². The van der Waals surface area contributed by atoms with Gasteiger partial charge in [-0.05, 0) is 14.1 Å². The predicted molar refractivity (Wildman–Crippen MR) is 45.6 cm³/mol. The third-order valence-electron chi connectivity index (χ3n) is 0.345. The fourth-order valence-electron chi connectivity index (χ4n) is 0.126. The highest BCUT2D eigenvalue weighted by Crippen LogP contribution is 1.79. The second-order valence-electron chi connectivity index (χ2n) is 1.28. The molecule has 56 valence electrons. The Hall–Kier alpha value is 0.280. The molecular weight excluding hydrogens is 157 g/mol. The van der Waals surface area contributed by atoms with E-state index in [1.165, 1.54) is 0 Å². The quantitative estimate of drug-likeness (QED) is 0.492. The maximum atomic E-state index is 5.23. The highest BCUT2D eigenvalue weighted by Gasteiger charge is 1.63. The summed E-state index contributed by atoms with van der Waals surface area (Å²) in [4.78, 5) is 0. The topological polar surface area (TPSA) is 12.0 Å². The molecule has 0 radical (unpaired) electrons. The van der Waals surface area contributed by atoms with Crippen LogP contribution in [0.2, 0.25) is 0 Å². The molecule has 0 aliphatic heterocycles. The van der Waals surface area contributed by atoms with Gasteiger partial charge in [-0.25, -0.2) is 0 Å². The van der Waals surface area contributed by atoms with Crippen LogP contribution in [0.25, 0.3) is 0 Å². The summed E-state index contributed by atoms with van der Waals surface area (Å²) in [5.74, 6) is 1.12. The van der Waals surface area contributed by atoms with Crippen LogP contribution in [0.5, 0.6) is 0 Å². The Morgan fingerprint density at radius 2 is 1.33 bits per heavy atom. The lowest BCUT2D eigenvalue weighted by Gasteiger charge is -1.69. The Bertz CT molecular complexity index is 49.0. The van der Waals surface area contributed by atoms with Crippen LogP contribution in [0, 0.1) is 0 Å². The van der Waals surface area contributed by atoms with E-state index in [9.17, 15) is 0 Å². The van der Waals surface area contributed by atoms with Crippen LogP contribution in [-0.2, 0) is 0 Å². The normalized spacial score (nSPS) is 8.89. The Balaban J connectivity index is 0. The number of hydrogen-bond donors (Lipinski definition) is 1. The van der Waals surface area contributed by atoms with Crippen molar-refractivity contribution in [2.75, 3.05) is 25.9 Å². The van der Waals surface area contributed by atoms with Crippen LogP contribution in [0.4, 0.5) is 0 Å². The van der Waals surface area contributed by atoms with E-state index in [1.54, 1.807) is 0 Å². The highest BCUT2D eigenvalue weighted by molar-refractivity contribution is 6.20. The van der Waals surface area contributed by atoms with Crippen LogP contribution in [-0.4, -0.2) is 25.9 Å². The van der Waals surface area contributed by atoms with Gasteiger partial charge in [0, 0.05) is 11.8 Å². The van der Waals surface area contributed by atoms with E-state index < -0.39 is 0 Å². The molecule has 9 heavy (non-hydrogen) atoms. The van der Waals surface area contributed by atoms with E-state index in [2.05, 4.69) is 5.32 Å². The summed E-state index contributed by atoms with van der Waals surface area (Å²) < 4.78 is 0. The summed E-state index contributed by atoms with van der Waals surface area (Å²) in [7, 11) is 3.75. The predicted octanol–water partition coefficient (Wildman–Crippen LogP) is 1.86. The molecule has 3 heteroatoms. The second kappa shape index (κ2) is 15.7. The average Bonchev–Trinajstić information content (AvgIpc) is 1.86. The van der Waals surface area contributed by atoms with Crippen molar-refractivity contribution in [1.82, 2.24) is 5.32 Å². The zero-order valence-electron chi connectivity index (χ0n) is 5.82. The number of halogens is 2. The van der Waals surface area contributed by atoms with E-state index in [0.29, 0.717) is 11.8 Å². The smallest absolute Gasteiger partial charge is 0.0404 e. The molecule has 0 aliphatic carbocycles. The van der Waals surface area contributed by atoms with E-state index in [1.807, 2.05) is 26.2 Å². The first-order chi connectivity index (χ1) is 4.33. The Kier molecular flexibility index (Phi) is 21.0. The summed E-state index contributed by atoms with van der Waals surface area (Å²) in [6.45, 7) is 0. The molecule has 0 aromatic heterocycles. The molecule has 0 saturated carbocycles. The summed E-state index contributed by atoms with van der Waals surface area (Å²) >= 11 is 10.5. The first-order valence-electron chi connectivity index (χ1n) is 2.68. The van der Waals surface area contributed by atoms with Crippen LogP contribution >= 0.6 is 23.2 Å². The van der Waals surface area contributed by atoms with Gasteiger partial charge < -0.3 is 5.32 Å². The van der Waals surface area contributed by atoms with Crippen molar-refractivity contribution in [3.63, 3.8) is 0 Å². The lowest BCUT2D eigenvalue weighted by Crippen LogP contribution is -1.89. The molecule has 0 aromatic rings. The molecular formula is C6H13Cl2N. The molecule has 0 atom stereocenters. The van der Waals surface area contributed by atoms with Gasteiger partial charge >= 0.3 is 0 Å². The van der Waals surface area contributed by atoms with E-state index in [0.717, 1.165) is 0 Å². The zero-order chi connectivity index (χ0) is 7.54. The largest absolute Gasteiger partial charge is 0.323 e. The molecule has 0 aliphatic rings. The molecule has 1 N–H and O–H groups in total. The first kappa shape index (κ1) is 12.0. The lowest BCUT2D eigenvalue weighted by atomic mass is 10.6. The molecule has 0 rings (SSSR count). The molecule has 0 fully saturated rings. The fourth-order valence-corrected chi connectivity index (χ4v) is 0.378. The Morgan fingerprint density at radius 1 is 1.11 bits per heavy atom. The van der Waals surface area contributed by atoms with Crippen molar-refractivity contribution in [2.45, 2.75) is 0 Å². The monoisotopic (exact) mass is 169 g/mol. The number of allylic oxidation sites excluding steroid dienone is 2. The second-order valence-corrected chi connectivity index (χ2v) is 1.90. The van der Waals surface area contributed by atoms with Crippen LogP contribution in [0.15, 0.2) is 12.2 Å². The number of nitrogens with one attached hydrogen (secondary N) is 1. The van der Waals surface area contributed by atoms with Crippen molar-refractivity contribution in [1.29, 1.82) is 0 Å². The standard InChI is InChI=1S/C4H6Cl2.C2H7N/c5-3-1-2-4-6;1-3-2/h1-2H,3-4H2;3H,1-2H3/b2-1+;. The minimum absolute atomic E-state index is 0.562. The van der Waals surface area contributed by atoms with Gasteiger partial charge in [0.05, 0.1) is 0 Å². The number of rotatable bonds is 2. The SMILES string of the molecule is CNC.ClC/C=C/CCl. The molecule has 0 saturated heterocycles. The van der Waals surface area contributed by atoms with E-state index in [-0.39, 0.29) is 0 Å². The van der Waals surface area contributed by atoms with Gasteiger partial charge in [0.2, 0.25) is 0 Å². The fraction of sp³-hybridized carbons (Fsp3) is 0.667. The number of hydrogen-bond acceptors (Lipinski definition) is 1. The molecule has 0 spiro atoms. The van der Waals surface area contributed by atoms with Gasteiger partial charge in [0.15, 0.2) is 0 Å². The number of alkyl halides is 2. The van der Waals surface area contributed by atoms with Crippen molar-refractivity contribution in [3.05, 3.63) is 12.2 Å². The zero-order valence-corrected chi connectivity index (χ0v) is 7.34. The molecule has 0 unspecified atom stereocenters. The summed E-state index contributed by atoms with van der Waals surface area (Å²) in [6.07, 6.45) is 3.63. The maximum Gasteiger partial charge on any atom is 0.0404 e. The van der Waals surface area contributed by atoms with Gasteiger partial charge in [-0.15, -0.1) is 23.2 Å². The van der Waals surface area contributed by atoms with Crippen molar-refractivity contribution < 1.29 is 0 Å². The molecule has 0 aromatic carbocycles. The Labute approximate surface area is 67.0 Å². The Morgan fingerprint density at radius 3 is 1.44 bits per heavy atom. The summed E-state index contributed by atoms with van der Waals surface area (Å²) in [5, 5.41) is 2.75. The molecule has 0 heterocycles. The van der Waals surface area contributed by atoms with Crippen LogP contribution in [0.1, 0.15) is 0 Å². The van der Waals surface area contributed by atoms with Crippen molar-refractivity contribution in [3.8, 4) is 0 Å². The third kappa shape index (κ3) is 30.4. The minimum Gasteiger partial charge on any atom is -0.323 e. The molecule has 1 nitrogen and oxygen atoms in total. The van der Waals surface area contributed by atoms with Gasteiger partial charge in [-0.2, -0.15) is 0 Å². The molecule has 0 amide bonds. The highest BCUT2D eigenvalue weighted by atomic mass is 35.5. The van der Waals surface area contributed by atoms with Gasteiger partial charge in [0.1, 0.15) is 0 Å².